The molecule has 30 heavy (non-hydrogen) atoms. The minimum atomic E-state index is -0.226. The maximum Gasteiger partial charge on any atom is 0.254 e. The highest BCUT2D eigenvalue weighted by Gasteiger charge is 2.28. The van der Waals surface area contributed by atoms with Crippen molar-refractivity contribution in [2.45, 2.75) is 12.8 Å². The Morgan fingerprint density at radius 3 is 2.30 bits per heavy atom. The van der Waals surface area contributed by atoms with Crippen LogP contribution < -0.4 is 5.32 Å². The van der Waals surface area contributed by atoms with E-state index in [1.807, 2.05) is 12.1 Å². The van der Waals surface area contributed by atoms with Crippen LogP contribution in [0.25, 0.3) is 0 Å². The number of halogens is 2. The minimum absolute atomic E-state index is 0.0223. The number of carbonyl (C=O) groups is 3. The van der Waals surface area contributed by atoms with Crippen LogP contribution in [0.2, 0.25) is 5.02 Å². The third kappa shape index (κ3) is 5.21. The first-order valence-electron chi connectivity index (χ1n) is 9.63. The third-order valence-electron chi connectivity index (χ3n) is 5.11. The molecule has 6 nitrogen and oxygen atoms in total. The van der Waals surface area contributed by atoms with Gasteiger partial charge in [0.05, 0.1) is 10.6 Å². The van der Waals surface area contributed by atoms with Crippen LogP contribution in [0.3, 0.4) is 0 Å². The standard InChI is InChI=1S/C22H23BrClN3O3/c1-26(2)22(30)18-13-17(7-8-19(18)24)25-20(28)14-9-11-27(12-10-14)21(29)15-3-5-16(23)6-4-15/h3-8,13-14H,9-12H2,1-2H3,(H,25,28). The zero-order valence-electron chi connectivity index (χ0n) is 16.8. The molecule has 8 heteroatoms. The maximum atomic E-state index is 12.7. The highest BCUT2D eigenvalue weighted by molar-refractivity contribution is 9.10. The number of rotatable bonds is 4. The average Bonchev–Trinajstić information content (AvgIpc) is 2.74. The van der Waals surface area contributed by atoms with Gasteiger partial charge in [0, 0.05) is 48.8 Å². The molecule has 1 fully saturated rings. The van der Waals surface area contributed by atoms with E-state index in [1.165, 1.54) is 4.90 Å². The van der Waals surface area contributed by atoms with Gasteiger partial charge in [0.25, 0.3) is 11.8 Å². The predicted octanol–water partition coefficient (Wildman–Crippen LogP) is 4.30. The van der Waals surface area contributed by atoms with E-state index in [1.54, 1.807) is 49.3 Å². The lowest BCUT2D eigenvalue weighted by Crippen LogP contribution is -2.41. The molecule has 0 aromatic heterocycles. The molecule has 3 amide bonds. The number of anilines is 1. The monoisotopic (exact) mass is 491 g/mol. The molecular formula is C22H23BrClN3O3. The number of hydrogen-bond donors (Lipinski definition) is 1. The first kappa shape index (κ1) is 22.3. The van der Waals surface area contributed by atoms with Gasteiger partial charge in [0.2, 0.25) is 5.91 Å². The second kappa shape index (κ2) is 9.62. The Morgan fingerprint density at radius 2 is 1.70 bits per heavy atom. The second-order valence-electron chi connectivity index (χ2n) is 7.46. The fourth-order valence-electron chi connectivity index (χ4n) is 3.37. The van der Waals surface area contributed by atoms with Crippen molar-refractivity contribution in [1.82, 2.24) is 9.80 Å². The maximum absolute atomic E-state index is 12.7. The molecule has 0 aliphatic carbocycles. The van der Waals surface area contributed by atoms with E-state index >= 15 is 0 Å². The Balaban J connectivity index is 1.59. The highest BCUT2D eigenvalue weighted by atomic mass is 79.9. The topological polar surface area (TPSA) is 69.7 Å². The van der Waals surface area contributed by atoms with E-state index in [2.05, 4.69) is 21.2 Å². The van der Waals surface area contributed by atoms with Gasteiger partial charge in [0.1, 0.15) is 0 Å². The van der Waals surface area contributed by atoms with Crippen molar-refractivity contribution >= 4 is 50.9 Å². The summed E-state index contributed by atoms with van der Waals surface area (Å²) in [6.45, 7) is 1.05. The van der Waals surface area contributed by atoms with Crippen molar-refractivity contribution in [1.29, 1.82) is 0 Å². The van der Waals surface area contributed by atoms with Crippen LogP contribution in [0.5, 0.6) is 0 Å². The fourth-order valence-corrected chi connectivity index (χ4v) is 3.83. The van der Waals surface area contributed by atoms with Gasteiger partial charge in [0.15, 0.2) is 0 Å². The summed E-state index contributed by atoms with van der Waals surface area (Å²) < 4.78 is 0.923. The molecule has 2 aromatic carbocycles. The summed E-state index contributed by atoms with van der Waals surface area (Å²) in [5.74, 6) is -0.555. The Bertz CT molecular complexity index is 955. The van der Waals surface area contributed by atoms with E-state index in [9.17, 15) is 14.4 Å². The van der Waals surface area contributed by atoms with Gasteiger partial charge in [-0.25, -0.2) is 0 Å². The third-order valence-corrected chi connectivity index (χ3v) is 5.97. The molecule has 0 bridgehead atoms. The predicted molar refractivity (Wildman–Crippen MR) is 121 cm³/mol. The molecule has 1 aliphatic heterocycles. The van der Waals surface area contributed by atoms with Gasteiger partial charge in [-0.3, -0.25) is 14.4 Å². The molecule has 0 saturated carbocycles. The van der Waals surface area contributed by atoms with Crippen molar-refractivity contribution in [3.05, 3.63) is 63.1 Å². The van der Waals surface area contributed by atoms with Crippen molar-refractivity contribution in [3.8, 4) is 0 Å². The molecule has 0 spiro atoms. The molecule has 1 aliphatic rings. The van der Waals surface area contributed by atoms with Crippen LogP contribution in [-0.4, -0.2) is 54.7 Å². The molecule has 1 heterocycles. The Hall–Kier alpha value is -2.38. The molecule has 3 rings (SSSR count). The number of hydrogen-bond acceptors (Lipinski definition) is 3. The molecule has 1 N–H and O–H groups in total. The summed E-state index contributed by atoms with van der Waals surface area (Å²) in [5.41, 5.74) is 1.51. The molecule has 0 radical (unpaired) electrons. The molecule has 1 saturated heterocycles. The molecular weight excluding hydrogens is 470 g/mol. The Kier molecular flexibility index (Phi) is 7.15. The Labute approximate surface area is 189 Å². The summed E-state index contributed by atoms with van der Waals surface area (Å²) in [5, 5.41) is 3.22. The first-order chi connectivity index (χ1) is 14.3. The van der Waals surface area contributed by atoms with Crippen molar-refractivity contribution in [2.75, 3.05) is 32.5 Å². The number of likely N-dealkylation sites (tertiary alicyclic amines) is 1. The summed E-state index contributed by atoms with van der Waals surface area (Å²) in [6, 6.07) is 12.1. The van der Waals surface area contributed by atoms with Crippen molar-refractivity contribution in [3.63, 3.8) is 0 Å². The highest BCUT2D eigenvalue weighted by Crippen LogP contribution is 2.25. The summed E-state index contributed by atoms with van der Waals surface area (Å²) in [7, 11) is 3.29. The summed E-state index contributed by atoms with van der Waals surface area (Å²) in [4.78, 5) is 40.8. The van der Waals surface area contributed by atoms with Crippen molar-refractivity contribution in [2.24, 2.45) is 5.92 Å². The second-order valence-corrected chi connectivity index (χ2v) is 8.78. The van der Waals surface area contributed by atoms with Crippen LogP contribution in [0.4, 0.5) is 5.69 Å². The molecule has 0 unspecified atom stereocenters. The Morgan fingerprint density at radius 1 is 1.07 bits per heavy atom. The summed E-state index contributed by atoms with van der Waals surface area (Å²) in [6.07, 6.45) is 1.18. The van der Waals surface area contributed by atoms with E-state index < -0.39 is 0 Å². The number of benzene rings is 2. The van der Waals surface area contributed by atoms with Gasteiger partial charge >= 0.3 is 0 Å². The van der Waals surface area contributed by atoms with E-state index in [4.69, 9.17) is 11.6 Å². The fraction of sp³-hybridized carbons (Fsp3) is 0.318. The van der Waals surface area contributed by atoms with Crippen LogP contribution in [0.1, 0.15) is 33.6 Å². The molecule has 158 valence electrons. The SMILES string of the molecule is CN(C)C(=O)c1cc(NC(=O)C2CCN(C(=O)c3ccc(Br)cc3)CC2)ccc1Cl. The zero-order chi connectivity index (χ0) is 21.8. The van der Waals surface area contributed by atoms with E-state index in [0.29, 0.717) is 47.8 Å². The van der Waals surface area contributed by atoms with Crippen LogP contribution in [0, 0.1) is 5.92 Å². The van der Waals surface area contributed by atoms with E-state index in [0.717, 1.165) is 4.47 Å². The minimum Gasteiger partial charge on any atom is -0.345 e. The first-order valence-corrected chi connectivity index (χ1v) is 10.8. The molecule has 0 atom stereocenters. The van der Waals surface area contributed by atoms with Gasteiger partial charge in [-0.1, -0.05) is 27.5 Å². The van der Waals surface area contributed by atoms with Crippen LogP contribution >= 0.6 is 27.5 Å². The van der Waals surface area contributed by atoms with Crippen LogP contribution in [-0.2, 0) is 4.79 Å². The van der Waals surface area contributed by atoms with Gasteiger partial charge in [-0.2, -0.15) is 0 Å². The lowest BCUT2D eigenvalue weighted by Gasteiger charge is -2.31. The lowest BCUT2D eigenvalue weighted by atomic mass is 9.95. The van der Waals surface area contributed by atoms with E-state index in [-0.39, 0.29) is 23.6 Å². The largest absolute Gasteiger partial charge is 0.345 e. The zero-order valence-corrected chi connectivity index (χ0v) is 19.2. The van der Waals surface area contributed by atoms with Crippen molar-refractivity contribution < 1.29 is 14.4 Å². The van der Waals surface area contributed by atoms with Gasteiger partial charge in [-0.15, -0.1) is 0 Å². The molecule has 2 aromatic rings. The smallest absolute Gasteiger partial charge is 0.254 e. The quantitative estimate of drug-likeness (QED) is 0.692. The number of nitrogens with one attached hydrogen (secondary N) is 1. The normalized spacial score (nSPS) is 14.3. The number of nitrogens with zero attached hydrogens (tertiary/aromatic N) is 2. The summed E-state index contributed by atoms with van der Waals surface area (Å²) >= 11 is 9.49. The number of amides is 3. The van der Waals surface area contributed by atoms with Gasteiger partial charge in [-0.05, 0) is 55.3 Å². The average molecular weight is 493 g/mol. The number of carbonyl (C=O) groups excluding carboxylic acids is 3. The number of piperidine rings is 1. The lowest BCUT2D eigenvalue weighted by molar-refractivity contribution is -0.121. The van der Waals surface area contributed by atoms with Crippen LogP contribution in [0.15, 0.2) is 46.9 Å². The van der Waals surface area contributed by atoms with Gasteiger partial charge < -0.3 is 15.1 Å².